The monoisotopic (exact) mass is 334 g/mol. The van der Waals surface area contributed by atoms with Gasteiger partial charge in [-0.05, 0) is 36.6 Å². The van der Waals surface area contributed by atoms with Gasteiger partial charge in [-0.15, -0.1) is 24.2 Å². The van der Waals surface area contributed by atoms with E-state index in [-0.39, 0.29) is 18.3 Å². The maximum absolute atomic E-state index is 12.0. The van der Waals surface area contributed by atoms with Gasteiger partial charge in [0.15, 0.2) is 0 Å². The highest BCUT2D eigenvalue weighted by atomic mass is 35.5. The van der Waals surface area contributed by atoms with Crippen LogP contribution in [0.1, 0.15) is 12.0 Å². The van der Waals surface area contributed by atoms with E-state index in [0.717, 1.165) is 35.8 Å². The summed E-state index contributed by atoms with van der Waals surface area (Å²) in [5.74, 6) is 2.06. The van der Waals surface area contributed by atoms with Crippen molar-refractivity contribution in [3.63, 3.8) is 0 Å². The molecule has 0 saturated carbocycles. The Labute approximate surface area is 135 Å². The largest absolute Gasteiger partial charge is 0.342 e. The van der Waals surface area contributed by atoms with Gasteiger partial charge in [-0.2, -0.15) is 0 Å². The first-order chi connectivity index (χ1) is 9.19. The first-order valence-electron chi connectivity index (χ1n) is 6.49. The molecule has 1 aromatic carbocycles. The molecule has 3 nitrogen and oxygen atoms in total. The number of benzene rings is 1. The van der Waals surface area contributed by atoms with Crippen LogP contribution < -0.4 is 5.73 Å². The van der Waals surface area contributed by atoms with Crippen molar-refractivity contribution in [1.29, 1.82) is 0 Å². The van der Waals surface area contributed by atoms with E-state index >= 15 is 0 Å². The summed E-state index contributed by atoms with van der Waals surface area (Å²) in [7, 11) is 0. The van der Waals surface area contributed by atoms with Gasteiger partial charge in [0, 0.05) is 23.9 Å². The molecule has 1 saturated heterocycles. The van der Waals surface area contributed by atoms with Gasteiger partial charge in [-0.3, -0.25) is 4.79 Å². The molecule has 1 aromatic rings. The Kier molecular flexibility index (Phi) is 7.74. The normalized spacial score (nSPS) is 17.9. The third kappa shape index (κ3) is 5.17. The van der Waals surface area contributed by atoms with Crippen LogP contribution in [0.2, 0.25) is 5.02 Å². The third-order valence-corrected chi connectivity index (χ3v) is 4.58. The van der Waals surface area contributed by atoms with Crippen LogP contribution >= 0.6 is 35.8 Å². The number of halogens is 2. The average Bonchev–Trinajstić information content (AvgIpc) is 2.87. The van der Waals surface area contributed by atoms with E-state index in [9.17, 15) is 4.79 Å². The second-order valence-corrected chi connectivity index (χ2v) is 6.27. The molecular formula is C14H20Cl2N2OS. The minimum Gasteiger partial charge on any atom is -0.342 e. The number of likely N-dealkylation sites (tertiary alicyclic amines) is 1. The van der Waals surface area contributed by atoms with E-state index < -0.39 is 0 Å². The second-order valence-electron chi connectivity index (χ2n) is 4.85. The van der Waals surface area contributed by atoms with E-state index in [2.05, 4.69) is 0 Å². The van der Waals surface area contributed by atoms with E-state index in [4.69, 9.17) is 17.3 Å². The fourth-order valence-electron chi connectivity index (χ4n) is 2.23. The molecule has 6 heteroatoms. The van der Waals surface area contributed by atoms with Crippen molar-refractivity contribution in [3.8, 4) is 0 Å². The van der Waals surface area contributed by atoms with Gasteiger partial charge in [0.2, 0.25) is 5.91 Å². The lowest BCUT2D eigenvalue weighted by molar-refractivity contribution is -0.127. The van der Waals surface area contributed by atoms with Crippen LogP contribution in [0.3, 0.4) is 0 Å². The van der Waals surface area contributed by atoms with Crippen molar-refractivity contribution in [2.75, 3.05) is 25.4 Å². The quantitative estimate of drug-likeness (QED) is 0.900. The maximum Gasteiger partial charge on any atom is 0.232 e. The lowest BCUT2D eigenvalue weighted by atomic mass is 10.1. The van der Waals surface area contributed by atoms with Crippen LogP contribution in [0, 0.1) is 5.92 Å². The van der Waals surface area contributed by atoms with Crippen LogP contribution in [-0.4, -0.2) is 36.2 Å². The van der Waals surface area contributed by atoms with Gasteiger partial charge in [-0.1, -0.05) is 23.7 Å². The van der Waals surface area contributed by atoms with Crippen molar-refractivity contribution in [2.45, 2.75) is 12.2 Å². The van der Waals surface area contributed by atoms with Crippen LogP contribution in [0.15, 0.2) is 24.3 Å². The molecule has 1 aliphatic rings. The Morgan fingerprint density at radius 1 is 1.50 bits per heavy atom. The fourth-order valence-corrected chi connectivity index (χ4v) is 3.31. The molecule has 1 heterocycles. The molecule has 1 atom stereocenters. The summed E-state index contributed by atoms with van der Waals surface area (Å²) in [6.07, 6.45) is 1.04. The maximum atomic E-state index is 12.0. The summed E-state index contributed by atoms with van der Waals surface area (Å²) in [4.78, 5) is 13.9. The lowest BCUT2D eigenvalue weighted by Gasteiger charge is -2.15. The standard InChI is InChI=1S/C14H19ClN2OS.ClH/c15-13-3-1-2-11(6-13)9-19-10-14(18)17-5-4-12(7-16)8-17;/h1-3,6,12H,4-5,7-10,16H2;1H. The number of carbonyl (C=O) groups is 1. The van der Waals surface area contributed by atoms with Gasteiger partial charge >= 0.3 is 0 Å². The predicted octanol–water partition coefficient (Wildman–Crippen LogP) is 2.80. The van der Waals surface area contributed by atoms with Gasteiger partial charge in [-0.25, -0.2) is 0 Å². The summed E-state index contributed by atoms with van der Waals surface area (Å²) in [6, 6.07) is 7.77. The third-order valence-electron chi connectivity index (χ3n) is 3.36. The van der Waals surface area contributed by atoms with Crippen molar-refractivity contribution in [2.24, 2.45) is 11.7 Å². The molecule has 2 N–H and O–H groups in total. The average molecular weight is 335 g/mol. The highest BCUT2D eigenvalue weighted by Crippen LogP contribution is 2.19. The highest BCUT2D eigenvalue weighted by Gasteiger charge is 2.24. The zero-order chi connectivity index (χ0) is 13.7. The molecule has 2 rings (SSSR count). The molecule has 0 spiro atoms. The van der Waals surface area contributed by atoms with Crippen LogP contribution in [-0.2, 0) is 10.5 Å². The van der Waals surface area contributed by atoms with E-state index in [0.29, 0.717) is 18.2 Å². The zero-order valence-corrected chi connectivity index (χ0v) is 13.6. The van der Waals surface area contributed by atoms with Crippen molar-refractivity contribution >= 4 is 41.7 Å². The minimum absolute atomic E-state index is 0. The minimum atomic E-state index is 0. The van der Waals surface area contributed by atoms with Crippen LogP contribution in [0.5, 0.6) is 0 Å². The molecule has 20 heavy (non-hydrogen) atoms. The first kappa shape index (κ1) is 17.6. The Balaban J connectivity index is 0.00000200. The van der Waals surface area contributed by atoms with Gasteiger partial charge in [0.1, 0.15) is 0 Å². The Morgan fingerprint density at radius 2 is 2.30 bits per heavy atom. The molecule has 0 radical (unpaired) electrons. The Morgan fingerprint density at radius 3 is 2.95 bits per heavy atom. The summed E-state index contributed by atoms with van der Waals surface area (Å²) in [5.41, 5.74) is 6.79. The Bertz CT molecular complexity index is 445. The summed E-state index contributed by atoms with van der Waals surface area (Å²) in [6.45, 7) is 2.37. The summed E-state index contributed by atoms with van der Waals surface area (Å²) in [5, 5.41) is 0.745. The highest BCUT2D eigenvalue weighted by molar-refractivity contribution is 7.99. The van der Waals surface area contributed by atoms with E-state index in [1.54, 1.807) is 11.8 Å². The Hall–Kier alpha value is -0.420. The SMILES string of the molecule is Cl.NCC1CCN(C(=O)CSCc2cccc(Cl)c2)C1. The van der Waals surface area contributed by atoms with Gasteiger partial charge < -0.3 is 10.6 Å². The fraction of sp³-hybridized carbons (Fsp3) is 0.500. The predicted molar refractivity (Wildman–Crippen MR) is 88.6 cm³/mol. The zero-order valence-electron chi connectivity index (χ0n) is 11.3. The molecule has 0 aliphatic carbocycles. The van der Waals surface area contributed by atoms with Gasteiger partial charge in [0.25, 0.3) is 0 Å². The number of amides is 1. The summed E-state index contributed by atoms with van der Waals surface area (Å²) >= 11 is 7.56. The van der Waals surface area contributed by atoms with Gasteiger partial charge in [0.05, 0.1) is 5.75 Å². The smallest absolute Gasteiger partial charge is 0.232 e. The number of hydrogen-bond donors (Lipinski definition) is 1. The number of thioether (sulfide) groups is 1. The number of rotatable bonds is 5. The summed E-state index contributed by atoms with van der Waals surface area (Å²) < 4.78 is 0. The van der Waals surface area contributed by atoms with Crippen LogP contribution in [0.25, 0.3) is 0 Å². The molecule has 1 aliphatic heterocycles. The molecular weight excluding hydrogens is 315 g/mol. The first-order valence-corrected chi connectivity index (χ1v) is 8.02. The number of hydrogen-bond acceptors (Lipinski definition) is 3. The molecule has 0 aromatic heterocycles. The number of carbonyl (C=O) groups excluding carboxylic acids is 1. The second kappa shape index (κ2) is 8.78. The topological polar surface area (TPSA) is 46.3 Å². The molecule has 1 amide bonds. The molecule has 1 unspecified atom stereocenters. The van der Waals surface area contributed by atoms with Crippen molar-refractivity contribution in [3.05, 3.63) is 34.9 Å². The lowest BCUT2D eigenvalue weighted by Crippen LogP contribution is -2.31. The van der Waals surface area contributed by atoms with Crippen molar-refractivity contribution in [1.82, 2.24) is 4.90 Å². The number of nitrogens with two attached hydrogens (primary N) is 1. The van der Waals surface area contributed by atoms with E-state index in [1.165, 1.54) is 0 Å². The molecule has 112 valence electrons. The van der Waals surface area contributed by atoms with Crippen LogP contribution in [0.4, 0.5) is 0 Å². The molecule has 1 fully saturated rings. The molecule has 0 bridgehead atoms. The van der Waals surface area contributed by atoms with Crippen molar-refractivity contribution < 1.29 is 4.79 Å². The number of nitrogens with zero attached hydrogens (tertiary/aromatic N) is 1. The van der Waals surface area contributed by atoms with E-state index in [1.807, 2.05) is 29.2 Å².